The molecule has 0 aromatic heterocycles. The Morgan fingerprint density at radius 2 is 2.35 bits per heavy atom. The first-order chi connectivity index (χ1) is 10.5. The number of cyclic esters (lactones) is 1. The number of hydrogen-bond donors (Lipinski definition) is 0. The summed E-state index contributed by atoms with van der Waals surface area (Å²) in [4.78, 5) is 24.9. The Labute approximate surface area is 173 Å². The van der Waals surface area contributed by atoms with Crippen LogP contribution in [0.1, 0.15) is 19.3 Å². The van der Waals surface area contributed by atoms with Crippen molar-refractivity contribution in [3.05, 3.63) is 36.8 Å². The largest absolute Gasteiger partial charge is 0 e. The van der Waals surface area contributed by atoms with Crippen LogP contribution < -0.4 is 0 Å². The molecule has 2 aliphatic rings. The zero-order valence-corrected chi connectivity index (χ0v) is 18.8. The minimum absolute atomic E-state index is 0. The molecular weight excluding hydrogens is 543 g/mol. The Bertz CT molecular complexity index is 532. The third-order valence-electron chi connectivity index (χ3n) is 3.61. The maximum absolute atomic E-state index is 12.3. The van der Waals surface area contributed by atoms with Gasteiger partial charge in [-0.2, -0.15) is 0 Å². The van der Waals surface area contributed by atoms with Crippen LogP contribution in [0.3, 0.4) is 0 Å². The third-order valence-corrected chi connectivity index (χ3v) is 5.64. The van der Waals surface area contributed by atoms with Crippen LogP contribution in [0.4, 0.5) is 4.79 Å². The molecule has 0 aromatic rings. The van der Waals surface area contributed by atoms with Crippen LogP contribution in [-0.2, 0) is 66.3 Å². The molecule has 1 heterocycles. The van der Waals surface area contributed by atoms with Gasteiger partial charge >= 0.3 is 141 Å². The number of methoxy groups -OCH3 is 1. The van der Waals surface area contributed by atoms with Crippen LogP contribution >= 0.6 is 0 Å². The maximum atomic E-state index is 12.3. The molecule has 0 spiro atoms. The SMILES string of the molecule is [CH-]=C(/C=C1/C[CH-]C[CH-]C(CC(=O)N2CCOC2=O)[C]1=[W])OC.[Y]. The molecule has 2 fully saturated rings. The summed E-state index contributed by atoms with van der Waals surface area (Å²) < 4.78 is 11.0. The van der Waals surface area contributed by atoms with Crippen molar-refractivity contribution in [1.29, 1.82) is 0 Å². The standard InChI is InChI=1S/C16H18NO4.W.Y/c1-12(20-2)9-13-5-3-4-6-14(10-13)11-15(18)17-7-8-21-16(17)19;;/h1,3,6,9,14H,4-5,7-8,11H2,2H3;;/q-3;;/b13-9-;;. The van der Waals surface area contributed by atoms with Crippen LogP contribution in [0.2, 0.25) is 0 Å². The van der Waals surface area contributed by atoms with Gasteiger partial charge in [-0.1, -0.05) is 0 Å². The van der Waals surface area contributed by atoms with Gasteiger partial charge < -0.3 is 0 Å². The zero-order valence-electron chi connectivity index (χ0n) is 13.0. The van der Waals surface area contributed by atoms with Crippen molar-refractivity contribution < 1.29 is 71.1 Å². The maximum Gasteiger partial charge on any atom is 0 e. The van der Waals surface area contributed by atoms with Crippen LogP contribution in [0.5, 0.6) is 0 Å². The summed E-state index contributed by atoms with van der Waals surface area (Å²) in [5.74, 6) is 0.190. The van der Waals surface area contributed by atoms with Crippen molar-refractivity contribution in [2.24, 2.45) is 5.92 Å². The normalized spacial score (nSPS) is 23.1. The summed E-state index contributed by atoms with van der Waals surface area (Å²) in [6.45, 7) is 6.36. The fourth-order valence-electron chi connectivity index (χ4n) is 2.40. The molecule has 0 N–H and O–H groups in total. The first-order valence-corrected chi connectivity index (χ1v) is 8.53. The average molecular weight is 561 g/mol. The Balaban J connectivity index is 0.00000264. The number of nitrogens with zero attached hydrogens (tertiary/aromatic N) is 1. The van der Waals surface area contributed by atoms with E-state index in [0.29, 0.717) is 12.3 Å². The van der Waals surface area contributed by atoms with Gasteiger partial charge in [0.25, 0.3) is 0 Å². The fourth-order valence-corrected chi connectivity index (χ4v) is 3.56. The minimum Gasteiger partial charge on any atom is 0 e. The van der Waals surface area contributed by atoms with Gasteiger partial charge in [0.2, 0.25) is 0 Å². The second-order valence-corrected chi connectivity index (χ2v) is 6.66. The van der Waals surface area contributed by atoms with Crippen LogP contribution in [0.15, 0.2) is 17.4 Å². The van der Waals surface area contributed by atoms with Gasteiger partial charge in [0, 0.05) is 32.7 Å². The van der Waals surface area contributed by atoms with Crippen molar-refractivity contribution in [1.82, 2.24) is 4.90 Å². The van der Waals surface area contributed by atoms with Crippen molar-refractivity contribution in [2.75, 3.05) is 20.3 Å². The summed E-state index contributed by atoms with van der Waals surface area (Å²) in [5, 5.41) is 0. The van der Waals surface area contributed by atoms with Gasteiger partial charge in [0.05, 0.1) is 0 Å². The predicted octanol–water partition coefficient (Wildman–Crippen LogP) is 1.78. The van der Waals surface area contributed by atoms with E-state index in [4.69, 9.17) is 16.1 Å². The molecule has 123 valence electrons. The van der Waals surface area contributed by atoms with Crippen LogP contribution in [-0.4, -0.2) is 41.1 Å². The Kier molecular flexibility index (Phi) is 9.10. The monoisotopic (exact) mass is 561 g/mol. The number of allylic oxidation sites excluding steroid dienone is 2. The van der Waals surface area contributed by atoms with Gasteiger partial charge in [0.15, 0.2) is 0 Å². The van der Waals surface area contributed by atoms with E-state index in [9.17, 15) is 9.59 Å². The van der Waals surface area contributed by atoms with Gasteiger partial charge in [-0.15, -0.1) is 0 Å². The summed E-state index contributed by atoms with van der Waals surface area (Å²) in [7, 11) is 1.53. The number of hydrogen-bond acceptors (Lipinski definition) is 4. The quantitative estimate of drug-likeness (QED) is 0.299. The first kappa shape index (κ1) is 20.9. The molecule has 1 unspecified atom stereocenters. The number of carbonyl (C=O) groups is 2. The molecule has 0 aromatic carbocycles. The number of imide groups is 1. The Morgan fingerprint density at radius 3 is 2.96 bits per heavy atom. The minimum atomic E-state index is -0.539. The molecular formula is C16H18NO4WY-3. The van der Waals surface area contributed by atoms with Crippen molar-refractivity contribution in [2.45, 2.75) is 19.3 Å². The summed E-state index contributed by atoms with van der Waals surface area (Å²) in [6, 6.07) is 0. The number of amides is 2. The molecule has 0 bridgehead atoms. The summed E-state index contributed by atoms with van der Waals surface area (Å²) >= 11 is 1.29. The topological polar surface area (TPSA) is 55.8 Å². The smallest absolute Gasteiger partial charge is 0 e. The van der Waals surface area contributed by atoms with Gasteiger partial charge in [-0.3, -0.25) is 0 Å². The van der Waals surface area contributed by atoms with Crippen molar-refractivity contribution in [3.63, 3.8) is 0 Å². The number of ether oxygens (including phenoxy) is 2. The van der Waals surface area contributed by atoms with Gasteiger partial charge in [-0.25, -0.2) is 0 Å². The van der Waals surface area contributed by atoms with E-state index >= 15 is 0 Å². The van der Waals surface area contributed by atoms with E-state index in [1.54, 1.807) is 0 Å². The molecule has 5 nitrogen and oxygen atoms in total. The van der Waals surface area contributed by atoms with E-state index < -0.39 is 6.09 Å². The molecule has 7 heteroatoms. The number of rotatable bonds is 4. The molecule has 1 radical (unpaired) electrons. The average Bonchev–Trinajstić information content (AvgIpc) is 2.86. The van der Waals surface area contributed by atoms with Crippen molar-refractivity contribution in [3.8, 4) is 0 Å². The van der Waals surface area contributed by atoms with E-state index in [0.717, 1.165) is 22.3 Å². The van der Waals surface area contributed by atoms with E-state index in [1.807, 2.05) is 6.08 Å². The van der Waals surface area contributed by atoms with E-state index in [2.05, 4.69) is 12.8 Å². The van der Waals surface area contributed by atoms with Crippen molar-refractivity contribution >= 4 is 15.9 Å². The van der Waals surface area contributed by atoms with Gasteiger partial charge in [-0.05, 0) is 0 Å². The first-order valence-electron chi connectivity index (χ1n) is 7.06. The molecule has 1 saturated heterocycles. The predicted molar refractivity (Wildman–Crippen MR) is 76.9 cm³/mol. The molecule has 1 aliphatic heterocycles. The summed E-state index contributed by atoms with van der Waals surface area (Å²) in [5.41, 5.74) is 1.09. The van der Waals surface area contributed by atoms with E-state index in [-0.39, 0.29) is 57.6 Å². The number of carbonyl (C=O) groups excluding carboxylic acids is 2. The molecule has 1 aliphatic carbocycles. The summed E-state index contributed by atoms with van der Waals surface area (Å²) in [6.07, 6.45) is 7.45. The molecule has 2 rings (SSSR count). The van der Waals surface area contributed by atoms with E-state index in [1.165, 1.54) is 31.4 Å². The molecule has 1 atom stereocenters. The fraction of sp³-hybridized carbons (Fsp3) is 0.438. The van der Waals surface area contributed by atoms with Crippen LogP contribution in [0.25, 0.3) is 0 Å². The Hall–Kier alpha value is -0.118. The second kappa shape index (κ2) is 10.0. The van der Waals surface area contributed by atoms with Crippen LogP contribution in [0, 0.1) is 25.3 Å². The second-order valence-electron chi connectivity index (χ2n) is 5.07. The molecule has 1 saturated carbocycles. The molecule has 2 amide bonds. The third kappa shape index (κ3) is 5.72. The van der Waals surface area contributed by atoms with Gasteiger partial charge in [0.1, 0.15) is 0 Å². The zero-order chi connectivity index (χ0) is 16.1. The Morgan fingerprint density at radius 1 is 1.61 bits per heavy atom. The molecule has 23 heavy (non-hydrogen) atoms.